The summed E-state index contributed by atoms with van der Waals surface area (Å²) in [5, 5.41) is 21.6. The average Bonchev–Trinajstić information content (AvgIpc) is 3.16. The van der Waals surface area contributed by atoms with Crippen LogP contribution in [-0.4, -0.2) is 25.3 Å². The lowest BCUT2D eigenvalue weighted by atomic mass is 9.99. The molecule has 8 aromatic rings. The van der Waals surface area contributed by atoms with E-state index in [-0.39, 0.29) is 5.75 Å². The van der Waals surface area contributed by atoms with Crippen LogP contribution in [0.4, 0.5) is 0 Å². The van der Waals surface area contributed by atoms with E-state index in [2.05, 4.69) is 140 Å². The van der Waals surface area contributed by atoms with Gasteiger partial charge in [0.05, 0.1) is 18.5 Å². The lowest BCUT2D eigenvalue weighted by Crippen LogP contribution is -2.74. The lowest BCUT2D eigenvalue weighted by Gasteiger charge is -2.35. The maximum absolute atomic E-state index is 12.8. The van der Waals surface area contributed by atoms with Gasteiger partial charge in [-0.25, -0.2) is 4.98 Å². The van der Waals surface area contributed by atoms with Crippen molar-refractivity contribution >= 4 is 50.4 Å². The van der Waals surface area contributed by atoms with Crippen LogP contribution in [0, 0.1) is 0 Å². The van der Waals surface area contributed by atoms with Crippen LogP contribution in [0.3, 0.4) is 0 Å². The highest BCUT2D eigenvalue weighted by molar-refractivity contribution is 7.20. The second-order valence-corrected chi connectivity index (χ2v) is 15.8. The number of aromatic hydroxyl groups is 1. The summed E-state index contributed by atoms with van der Waals surface area (Å²) in [5.74, 6) is 1.01. The molecule has 0 saturated carbocycles. The molecule has 0 spiro atoms. The number of benzene rings is 7. The maximum atomic E-state index is 12.8. The summed E-state index contributed by atoms with van der Waals surface area (Å²) in [6.07, 6.45) is 0. The first-order valence-corrected chi connectivity index (χ1v) is 18.1. The standard InChI is InChI=1S/C44H33NO2Si/c1-47-41-29-32-17-12-11-16-31(32)28-38(41)39-26-15-27-40(45-39)43-37-25-14-13-18-33(37)30-42(44(43)46)48(34-19-5-2-6-20-34,35-21-7-3-8-22-35)36-23-9-4-10-24-36/h2-30,46H,1H3. The van der Waals surface area contributed by atoms with E-state index in [1.807, 2.05) is 36.4 Å². The van der Waals surface area contributed by atoms with Crippen molar-refractivity contribution in [3.05, 3.63) is 176 Å². The number of phenolic OH excluding ortho intramolecular Hbond substituents is 1. The molecule has 0 unspecified atom stereocenters. The number of hydrogen-bond acceptors (Lipinski definition) is 3. The molecule has 0 radical (unpaired) electrons. The molecule has 1 heterocycles. The Bertz CT molecular complexity index is 2300. The highest BCUT2D eigenvalue weighted by Gasteiger charge is 2.44. The van der Waals surface area contributed by atoms with Gasteiger partial charge < -0.3 is 9.84 Å². The number of phenols is 1. The van der Waals surface area contributed by atoms with Crippen LogP contribution in [0.1, 0.15) is 0 Å². The van der Waals surface area contributed by atoms with Crippen LogP contribution in [0.15, 0.2) is 176 Å². The van der Waals surface area contributed by atoms with Gasteiger partial charge in [-0.1, -0.05) is 152 Å². The molecule has 7 aromatic carbocycles. The maximum Gasteiger partial charge on any atom is 0.184 e. The van der Waals surface area contributed by atoms with Crippen LogP contribution >= 0.6 is 0 Å². The molecular formula is C44H33NO2Si. The van der Waals surface area contributed by atoms with Crippen molar-refractivity contribution in [1.29, 1.82) is 0 Å². The molecule has 4 heteroatoms. The summed E-state index contributed by atoms with van der Waals surface area (Å²) in [7, 11) is -1.35. The first kappa shape index (κ1) is 29.4. The summed E-state index contributed by atoms with van der Waals surface area (Å²) in [5.41, 5.74) is 3.11. The molecule has 48 heavy (non-hydrogen) atoms. The van der Waals surface area contributed by atoms with Gasteiger partial charge in [0.25, 0.3) is 0 Å². The predicted molar refractivity (Wildman–Crippen MR) is 202 cm³/mol. The number of nitrogens with zero attached hydrogens (tertiary/aromatic N) is 1. The van der Waals surface area contributed by atoms with Gasteiger partial charge in [0.2, 0.25) is 0 Å². The predicted octanol–water partition coefficient (Wildman–Crippen LogP) is 7.81. The third-order valence-electron chi connectivity index (χ3n) is 9.40. The molecule has 0 bridgehead atoms. The number of aromatic nitrogens is 1. The van der Waals surface area contributed by atoms with Gasteiger partial charge in [-0.3, -0.25) is 0 Å². The van der Waals surface area contributed by atoms with Crippen LogP contribution in [0.25, 0.3) is 44.1 Å². The Balaban J connectivity index is 1.45. The lowest BCUT2D eigenvalue weighted by molar-refractivity contribution is 0.417. The Morgan fingerprint density at radius 2 is 1.00 bits per heavy atom. The fourth-order valence-electron chi connectivity index (χ4n) is 7.23. The number of rotatable bonds is 7. The van der Waals surface area contributed by atoms with E-state index in [0.717, 1.165) is 49.3 Å². The minimum absolute atomic E-state index is 0.257. The van der Waals surface area contributed by atoms with Crippen molar-refractivity contribution in [1.82, 2.24) is 4.98 Å². The summed E-state index contributed by atoms with van der Waals surface area (Å²) in [6, 6.07) is 61.1. The molecule has 0 atom stereocenters. The Morgan fingerprint density at radius 3 is 1.58 bits per heavy atom. The molecule has 0 aliphatic heterocycles. The van der Waals surface area contributed by atoms with E-state index < -0.39 is 8.07 Å². The monoisotopic (exact) mass is 635 g/mol. The average molecular weight is 636 g/mol. The molecule has 0 amide bonds. The minimum atomic E-state index is -3.05. The Morgan fingerprint density at radius 1 is 0.500 bits per heavy atom. The number of ether oxygens (including phenoxy) is 1. The summed E-state index contributed by atoms with van der Waals surface area (Å²) < 4.78 is 5.87. The fourth-order valence-corrected chi connectivity index (χ4v) is 12.1. The van der Waals surface area contributed by atoms with E-state index in [1.54, 1.807) is 7.11 Å². The largest absolute Gasteiger partial charge is 0.507 e. The van der Waals surface area contributed by atoms with Gasteiger partial charge in [0.1, 0.15) is 11.5 Å². The minimum Gasteiger partial charge on any atom is -0.507 e. The second-order valence-electron chi connectivity index (χ2n) is 12.0. The topological polar surface area (TPSA) is 42.4 Å². The quantitative estimate of drug-likeness (QED) is 0.144. The van der Waals surface area contributed by atoms with Crippen molar-refractivity contribution in [3.63, 3.8) is 0 Å². The highest BCUT2D eigenvalue weighted by atomic mass is 28.3. The normalized spacial score (nSPS) is 11.5. The smallest absolute Gasteiger partial charge is 0.184 e. The Hall–Kier alpha value is -5.97. The molecule has 0 saturated heterocycles. The zero-order chi connectivity index (χ0) is 32.5. The molecule has 230 valence electrons. The molecule has 0 aliphatic carbocycles. The van der Waals surface area contributed by atoms with Crippen molar-refractivity contribution in [2.24, 2.45) is 0 Å². The van der Waals surface area contributed by atoms with Gasteiger partial charge in [0.15, 0.2) is 8.07 Å². The number of methoxy groups -OCH3 is 1. The fraction of sp³-hybridized carbons (Fsp3) is 0.0227. The van der Waals surface area contributed by atoms with Gasteiger partial charge in [-0.15, -0.1) is 0 Å². The van der Waals surface area contributed by atoms with Crippen LogP contribution in [-0.2, 0) is 0 Å². The molecule has 1 N–H and O–H groups in total. The molecular weight excluding hydrogens is 603 g/mol. The van der Waals surface area contributed by atoms with E-state index >= 15 is 0 Å². The van der Waals surface area contributed by atoms with Crippen molar-refractivity contribution < 1.29 is 9.84 Å². The van der Waals surface area contributed by atoms with Gasteiger partial charge in [-0.05, 0) is 66.6 Å². The van der Waals surface area contributed by atoms with E-state index in [0.29, 0.717) is 5.69 Å². The third kappa shape index (κ3) is 4.86. The van der Waals surface area contributed by atoms with E-state index in [9.17, 15) is 5.11 Å². The number of fused-ring (bicyclic) bond motifs is 2. The Labute approximate surface area is 281 Å². The van der Waals surface area contributed by atoms with Crippen LogP contribution in [0.2, 0.25) is 0 Å². The first-order valence-electron chi connectivity index (χ1n) is 16.1. The van der Waals surface area contributed by atoms with Gasteiger partial charge in [0, 0.05) is 11.1 Å². The van der Waals surface area contributed by atoms with Crippen molar-refractivity contribution in [3.8, 4) is 34.0 Å². The van der Waals surface area contributed by atoms with Crippen LogP contribution < -0.4 is 25.5 Å². The molecule has 3 nitrogen and oxygen atoms in total. The van der Waals surface area contributed by atoms with Crippen molar-refractivity contribution in [2.45, 2.75) is 0 Å². The molecule has 1 aromatic heterocycles. The third-order valence-corrected chi connectivity index (χ3v) is 14.2. The first-order chi connectivity index (χ1) is 23.7. The summed E-state index contributed by atoms with van der Waals surface area (Å²) >= 11 is 0. The van der Waals surface area contributed by atoms with Crippen molar-refractivity contribution in [2.75, 3.05) is 7.11 Å². The number of hydrogen-bond donors (Lipinski definition) is 1. The molecule has 0 fully saturated rings. The summed E-state index contributed by atoms with van der Waals surface area (Å²) in [6.45, 7) is 0. The SMILES string of the molecule is COc1cc2ccccc2cc1-c1cccc(-c2c(O)c([Si](c3ccccc3)(c3ccccc3)c3ccccc3)cc3ccccc23)n1. The Kier molecular flexibility index (Phi) is 7.56. The van der Waals surface area contributed by atoms with E-state index in [1.165, 1.54) is 15.6 Å². The number of pyridine rings is 1. The van der Waals surface area contributed by atoms with E-state index in [4.69, 9.17) is 9.72 Å². The summed E-state index contributed by atoms with van der Waals surface area (Å²) in [4.78, 5) is 5.26. The van der Waals surface area contributed by atoms with Crippen LogP contribution in [0.5, 0.6) is 11.5 Å². The molecule has 0 aliphatic rings. The second kappa shape index (κ2) is 12.3. The zero-order valence-electron chi connectivity index (χ0n) is 26.5. The highest BCUT2D eigenvalue weighted by Crippen LogP contribution is 2.39. The van der Waals surface area contributed by atoms with Gasteiger partial charge >= 0.3 is 0 Å². The van der Waals surface area contributed by atoms with Gasteiger partial charge in [-0.2, -0.15) is 0 Å². The molecule has 8 rings (SSSR count). The zero-order valence-corrected chi connectivity index (χ0v) is 27.5.